The van der Waals surface area contributed by atoms with Gasteiger partial charge in [0.25, 0.3) is 0 Å². The van der Waals surface area contributed by atoms with Gasteiger partial charge >= 0.3 is 0 Å². The molecule has 0 bridgehead atoms. The predicted octanol–water partition coefficient (Wildman–Crippen LogP) is 4.16. The van der Waals surface area contributed by atoms with Gasteiger partial charge in [-0.1, -0.05) is 37.8 Å². The minimum Gasteiger partial charge on any atom is -0.356 e. The number of nitrogens with zero attached hydrogens (tertiary/aromatic N) is 3. The van der Waals surface area contributed by atoms with Gasteiger partial charge in [0.1, 0.15) is 16.8 Å². The minimum atomic E-state index is 0.621. The molecule has 4 heteroatoms. The van der Waals surface area contributed by atoms with Crippen LogP contribution in [0.2, 0.25) is 5.15 Å². The molecule has 106 valence electrons. The first-order valence-electron chi connectivity index (χ1n) is 7.50. The molecule has 0 radical (unpaired) electrons. The van der Waals surface area contributed by atoms with Gasteiger partial charge in [0.05, 0.1) is 0 Å². The SMILES string of the molecule is CCCc1nc(Cl)c(C)c(N2CCCCCCC2)n1. The van der Waals surface area contributed by atoms with Crippen molar-refractivity contribution in [1.29, 1.82) is 0 Å². The van der Waals surface area contributed by atoms with Crippen molar-refractivity contribution < 1.29 is 0 Å². The quantitative estimate of drug-likeness (QED) is 0.779. The van der Waals surface area contributed by atoms with Gasteiger partial charge in [0, 0.05) is 25.1 Å². The highest BCUT2D eigenvalue weighted by atomic mass is 35.5. The standard InChI is InChI=1S/C15H24ClN3/c1-3-9-13-17-14(16)12(2)15(18-13)19-10-7-5-4-6-8-11-19/h3-11H2,1-2H3. The number of halogens is 1. The van der Waals surface area contributed by atoms with Crippen LogP contribution in [0, 0.1) is 6.92 Å². The van der Waals surface area contributed by atoms with Crippen LogP contribution in [0.5, 0.6) is 0 Å². The van der Waals surface area contributed by atoms with Crippen molar-refractivity contribution in [3.05, 3.63) is 16.5 Å². The van der Waals surface area contributed by atoms with E-state index in [4.69, 9.17) is 16.6 Å². The summed E-state index contributed by atoms with van der Waals surface area (Å²) < 4.78 is 0. The Bertz CT molecular complexity index is 412. The van der Waals surface area contributed by atoms with E-state index in [0.717, 1.165) is 43.1 Å². The number of anilines is 1. The van der Waals surface area contributed by atoms with E-state index in [0.29, 0.717) is 5.15 Å². The highest BCUT2D eigenvalue weighted by Crippen LogP contribution is 2.25. The van der Waals surface area contributed by atoms with Gasteiger partial charge in [0.2, 0.25) is 0 Å². The van der Waals surface area contributed by atoms with Crippen LogP contribution in [-0.4, -0.2) is 23.1 Å². The van der Waals surface area contributed by atoms with Gasteiger partial charge in [-0.15, -0.1) is 0 Å². The van der Waals surface area contributed by atoms with Gasteiger partial charge < -0.3 is 4.90 Å². The molecule has 0 N–H and O–H groups in total. The molecule has 0 atom stereocenters. The molecular weight excluding hydrogens is 258 g/mol. The number of rotatable bonds is 3. The number of aryl methyl sites for hydroxylation is 1. The lowest BCUT2D eigenvalue weighted by Gasteiger charge is -2.27. The molecule has 1 aliphatic rings. The zero-order valence-corrected chi connectivity index (χ0v) is 12.8. The van der Waals surface area contributed by atoms with E-state index in [-0.39, 0.29) is 0 Å². The first kappa shape index (κ1) is 14.6. The summed E-state index contributed by atoms with van der Waals surface area (Å²) >= 11 is 6.27. The fourth-order valence-electron chi connectivity index (χ4n) is 2.62. The summed E-state index contributed by atoms with van der Waals surface area (Å²) in [6.45, 7) is 6.37. The maximum absolute atomic E-state index is 6.27. The predicted molar refractivity (Wildman–Crippen MR) is 81.1 cm³/mol. The molecule has 3 nitrogen and oxygen atoms in total. The lowest BCUT2D eigenvalue weighted by Crippen LogP contribution is -2.29. The second kappa shape index (κ2) is 7.09. The van der Waals surface area contributed by atoms with Crippen molar-refractivity contribution in [2.45, 2.75) is 58.8 Å². The van der Waals surface area contributed by atoms with E-state index in [1.54, 1.807) is 0 Å². The van der Waals surface area contributed by atoms with Crippen molar-refractivity contribution in [3.8, 4) is 0 Å². The van der Waals surface area contributed by atoms with Gasteiger partial charge in [-0.05, 0) is 26.2 Å². The Morgan fingerprint density at radius 1 is 1.05 bits per heavy atom. The molecule has 1 aromatic rings. The Morgan fingerprint density at radius 3 is 2.32 bits per heavy atom. The van der Waals surface area contributed by atoms with Crippen LogP contribution in [-0.2, 0) is 6.42 Å². The number of hydrogen-bond acceptors (Lipinski definition) is 3. The molecule has 1 aromatic heterocycles. The first-order valence-corrected chi connectivity index (χ1v) is 7.88. The molecule has 0 spiro atoms. The van der Waals surface area contributed by atoms with E-state index >= 15 is 0 Å². The Kier molecular flexibility index (Phi) is 5.44. The van der Waals surface area contributed by atoms with Crippen molar-refractivity contribution in [2.75, 3.05) is 18.0 Å². The smallest absolute Gasteiger partial charge is 0.137 e. The third kappa shape index (κ3) is 3.82. The monoisotopic (exact) mass is 281 g/mol. The summed E-state index contributed by atoms with van der Waals surface area (Å²) in [5.41, 5.74) is 1.03. The van der Waals surface area contributed by atoms with E-state index < -0.39 is 0 Å². The highest BCUT2D eigenvalue weighted by Gasteiger charge is 2.16. The average molecular weight is 282 g/mol. The summed E-state index contributed by atoms with van der Waals surface area (Å²) in [5.74, 6) is 1.94. The fourth-order valence-corrected chi connectivity index (χ4v) is 2.81. The van der Waals surface area contributed by atoms with Crippen LogP contribution in [0.25, 0.3) is 0 Å². The fraction of sp³-hybridized carbons (Fsp3) is 0.733. The molecule has 0 unspecified atom stereocenters. The molecule has 0 amide bonds. The summed E-state index contributed by atoms with van der Waals surface area (Å²) in [6.07, 6.45) is 8.50. The van der Waals surface area contributed by atoms with Gasteiger partial charge in [-0.3, -0.25) is 0 Å². The molecule has 19 heavy (non-hydrogen) atoms. The van der Waals surface area contributed by atoms with Crippen LogP contribution in [0.15, 0.2) is 0 Å². The maximum atomic E-state index is 6.27. The van der Waals surface area contributed by atoms with Crippen LogP contribution >= 0.6 is 11.6 Å². The molecule has 0 saturated carbocycles. The zero-order chi connectivity index (χ0) is 13.7. The van der Waals surface area contributed by atoms with Crippen molar-refractivity contribution in [1.82, 2.24) is 9.97 Å². The summed E-state index contributed by atoms with van der Waals surface area (Å²) in [4.78, 5) is 11.5. The Hall–Kier alpha value is -0.830. The van der Waals surface area contributed by atoms with Gasteiger partial charge in [-0.2, -0.15) is 0 Å². The van der Waals surface area contributed by atoms with Crippen LogP contribution in [0.3, 0.4) is 0 Å². The van der Waals surface area contributed by atoms with Crippen LogP contribution in [0.4, 0.5) is 5.82 Å². The molecule has 0 aromatic carbocycles. The number of aromatic nitrogens is 2. The van der Waals surface area contributed by atoms with Crippen molar-refractivity contribution in [2.24, 2.45) is 0 Å². The molecule has 1 fully saturated rings. The van der Waals surface area contributed by atoms with E-state index in [2.05, 4.69) is 16.8 Å². The maximum Gasteiger partial charge on any atom is 0.137 e. The van der Waals surface area contributed by atoms with E-state index in [9.17, 15) is 0 Å². The normalized spacial score (nSPS) is 17.1. The Morgan fingerprint density at radius 2 is 1.68 bits per heavy atom. The molecule has 1 saturated heterocycles. The summed E-state index contributed by atoms with van der Waals surface area (Å²) in [6, 6.07) is 0. The van der Waals surface area contributed by atoms with Crippen molar-refractivity contribution in [3.63, 3.8) is 0 Å². The van der Waals surface area contributed by atoms with Crippen LogP contribution in [0.1, 0.15) is 56.8 Å². The van der Waals surface area contributed by atoms with Gasteiger partial charge in [0.15, 0.2) is 0 Å². The molecule has 1 aliphatic heterocycles. The second-order valence-corrected chi connectivity index (χ2v) is 5.74. The average Bonchev–Trinajstić information content (AvgIpc) is 2.34. The molecule has 2 heterocycles. The van der Waals surface area contributed by atoms with E-state index in [1.165, 1.54) is 32.1 Å². The largest absolute Gasteiger partial charge is 0.356 e. The van der Waals surface area contributed by atoms with Gasteiger partial charge in [-0.25, -0.2) is 9.97 Å². The zero-order valence-electron chi connectivity index (χ0n) is 12.1. The third-order valence-electron chi connectivity index (χ3n) is 3.74. The van der Waals surface area contributed by atoms with Crippen LogP contribution < -0.4 is 4.90 Å². The van der Waals surface area contributed by atoms with E-state index in [1.807, 2.05) is 6.92 Å². The van der Waals surface area contributed by atoms with Crippen molar-refractivity contribution >= 4 is 17.4 Å². The lowest BCUT2D eigenvalue weighted by atomic mass is 10.1. The lowest BCUT2D eigenvalue weighted by molar-refractivity contribution is 0.552. The second-order valence-electron chi connectivity index (χ2n) is 5.38. The molecular formula is C15H24ClN3. The Labute approximate surface area is 121 Å². The first-order chi connectivity index (χ1) is 9.22. The highest BCUT2D eigenvalue weighted by molar-refractivity contribution is 6.30. The summed E-state index contributed by atoms with van der Waals surface area (Å²) in [5, 5.41) is 0.621. The molecule has 0 aliphatic carbocycles. The number of hydrogen-bond donors (Lipinski definition) is 0. The Balaban J connectivity index is 2.24. The topological polar surface area (TPSA) is 29.0 Å². The minimum absolute atomic E-state index is 0.621. The summed E-state index contributed by atoms with van der Waals surface area (Å²) in [7, 11) is 0. The third-order valence-corrected chi connectivity index (χ3v) is 4.10. The molecule has 2 rings (SSSR count).